The predicted molar refractivity (Wildman–Crippen MR) is 184 cm³/mol. The van der Waals surface area contributed by atoms with E-state index < -0.39 is 5.60 Å². The molecule has 0 aromatic heterocycles. The summed E-state index contributed by atoms with van der Waals surface area (Å²) in [5.74, 6) is 2.53. The van der Waals surface area contributed by atoms with Gasteiger partial charge < -0.3 is 19.7 Å². The number of fused-ring (bicyclic) bond motifs is 7. The van der Waals surface area contributed by atoms with Gasteiger partial charge in [-0.15, -0.1) is 0 Å². The van der Waals surface area contributed by atoms with E-state index in [0.717, 1.165) is 44.9 Å². The summed E-state index contributed by atoms with van der Waals surface area (Å²) in [6.45, 7) is 26.7. The van der Waals surface area contributed by atoms with Crippen molar-refractivity contribution in [2.24, 2.45) is 56.7 Å². The van der Waals surface area contributed by atoms with Gasteiger partial charge in [-0.1, -0.05) is 46.8 Å². The number of carbonyl (C=O) groups excluding carboxylic acids is 3. The van der Waals surface area contributed by atoms with Gasteiger partial charge in [-0.05, 0) is 144 Å². The minimum absolute atomic E-state index is 0.00550. The van der Waals surface area contributed by atoms with Crippen LogP contribution in [0.3, 0.4) is 0 Å². The Kier molecular flexibility index (Phi) is 8.52. The molecule has 2 amide bonds. The molecular formula is C40H64N2O5. The number of amides is 2. The summed E-state index contributed by atoms with van der Waals surface area (Å²) in [5, 5.41) is 3.50. The van der Waals surface area contributed by atoms with Crippen LogP contribution in [0.2, 0.25) is 0 Å². The molecule has 0 aromatic rings. The molecule has 264 valence electrons. The monoisotopic (exact) mass is 652 g/mol. The molecule has 1 saturated heterocycles. The minimum atomic E-state index is -0.534. The van der Waals surface area contributed by atoms with Crippen molar-refractivity contribution in [1.29, 1.82) is 0 Å². The molecule has 0 radical (unpaired) electrons. The lowest BCUT2D eigenvalue weighted by Crippen LogP contribution is -2.67. The molecule has 1 N–H and O–H groups in total. The maximum atomic E-state index is 14.7. The Bertz CT molecular complexity index is 1290. The van der Waals surface area contributed by atoms with Gasteiger partial charge in [0.05, 0.1) is 5.41 Å². The van der Waals surface area contributed by atoms with E-state index in [4.69, 9.17) is 9.47 Å². The Morgan fingerprint density at radius 1 is 0.872 bits per heavy atom. The molecule has 0 spiro atoms. The zero-order valence-electron chi connectivity index (χ0n) is 31.0. The summed E-state index contributed by atoms with van der Waals surface area (Å²) in [7, 11) is 0. The van der Waals surface area contributed by atoms with Crippen molar-refractivity contribution >= 4 is 18.5 Å². The van der Waals surface area contributed by atoms with Crippen molar-refractivity contribution in [3.8, 4) is 0 Å². The second-order valence-electron chi connectivity index (χ2n) is 19.3. The number of hydrogen-bond acceptors (Lipinski definition) is 5. The summed E-state index contributed by atoms with van der Waals surface area (Å²) in [6, 6.07) is -0.0348. The van der Waals surface area contributed by atoms with Crippen LogP contribution in [0.25, 0.3) is 0 Å². The summed E-state index contributed by atoms with van der Waals surface area (Å²) in [5.41, 5.74) is 0.853. The average Bonchev–Trinajstić information content (AvgIpc) is 3.60. The van der Waals surface area contributed by atoms with Crippen molar-refractivity contribution in [1.82, 2.24) is 10.2 Å². The fourth-order valence-corrected chi connectivity index (χ4v) is 13.5. The largest absolute Gasteiger partial charge is 0.464 e. The highest BCUT2D eigenvalue weighted by Gasteiger charge is 2.72. The highest BCUT2D eigenvalue weighted by molar-refractivity contribution is 5.84. The molecule has 7 heteroatoms. The number of ether oxygens (including phenoxy) is 2. The van der Waals surface area contributed by atoms with E-state index in [1.807, 2.05) is 20.8 Å². The van der Waals surface area contributed by atoms with Crippen LogP contribution >= 0.6 is 0 Å². The fraction of sp³-hybridized carbons (Fsp3) is 0.875. The van der Waals surface area contributed by atoms with Gasteiger partial charge in [0.25, 0.3) is 6.47 Å². The molecule has 6 rings (SSSR count). The third-order valence-electron chi connectivity index (χ3n) is 15.9. The highest BCUT2D eigenvalue weighted by Crippen LogP contribution is 2.77. The van der Waals surface area contributed by atoms with Crippen molar-refractivity contribution < 1.29 is 23.9 Å². The van der Waals surface area contributed by atoms with E-state index in [1.165, 1.54) is 31.3 Å². The smallest absolute Gasteiger partial charge is 0.410 e. The van der Waals surface area contributed by atoms with Crippen LogP contribution in [-0.2, 0) is 19.1 Å². The molecular weight excluding hydrogens is 588 g/mol. The summed E-state index contributed by atoms with van der Waals surface area (Å²) in [4.78, 5) is 40.6. The molecule has 0 aromatic carbocycles. The first-order valence-electron chi connectivity index (χ1n) is 18.9. The molecule has 7 nitrogen and oxygen atoms in total. The number of hydrogen-bond donors (Lipinski definition) is 1. The third kappa shape index (κ3) is 5.20. The SMILES string of the molecule is C=C(C)[C@@H]1CCC2(C(=O)N[C@H]3CCN(C(=O)OC(C)(C)C)C3)CC[C@]3(C)C(CCC4C5(C)CCC(OC=O)C(C)(C)C5CCC43C)[C@@H]12. The van der Waals surface area contributed by atoms with Crippen molar-refractivity contribution in [2.75, 3.05) is 13.1 Å². The summed E-state index contributed by atoms with van der Waals surface area (Å²) in [6.07, 6.45) is 11.3. The molecule has 6 fully saturated rings. The van der Waals surface area contributed by atoms with E-state index in [9.17, 15) is 14.4 Å². The van der Waals surface area contributed by atoms with Crippen molar-refractivity contribution in [3.63, 3.8) is 0 Å². The number of allylic oxidation sites excluding steroid dienone is 1. The van der Waals surface area contributed by atoms with E-state index >= 15 is 0 Å². The lowest BCUT2D eigenvalue weighted by atomic mass is 9.32. The normalized spacial score (nSPS) is 45.5. The molecule has 1 heterocycles. The molecule has 5 aliphatic carbocycles. The Balaban J connectivity index is 1.26. The van der Waals surface area contributed by atoms with E-state index in [2.05, 4.69) is 53.4 Å². The zero-order chi connectivity index (χ0) is 34.4. The van der Waals surface area contributed by atoms with Gasteiger partial charge in [0.15, 0.2) is 0 Å². The van der Waals surface area contributed by atoms with Gasteiger partial charge in [-0.2, -0.15) is 0 Å². The highest BCUT2D eigenvalue weighted by atomic mass is 16.6. The fourth-order valence-electron chi connectivity index (χ4n) is 13.5. The Hall–Kier alpha value is -2.05. The second-order valence-corrected chi connectivity index (χ2v) is 19.3. The Morgan fingerprint density at radius 2 is 1.60 bits per heavy atom. The first-order chi connectivity index (χ1) is 21.8. The Morgan fingerprint density at radius 3 is 2.26 bits per heavy atom. The zero-order valence-corrected chi connectivity index (χ0v) is 31.0. The minimum Gasteiger partial charge on any atom is -0.464 e. The lowest BCUT2D eigenvalue weighted by Gasteiger charge is -2.72. The van der Waals surface area contributed by atoms with Crippen LogP contribution in [0.1, 0.15) is 133 Å². The van der Waals surface area contributed by atoms with Crippen LogP contribution < -0.4 is 5.32 Å². The Labute approximate surface area is 284 Å². The van der Waals surface area contributed by atoms with Gasteiger partial charge in [0.1, 0.15) is 11.7 Å². The maximum absolute atomic E-state index is 14.7. The van der Waals surface area contributed by atoms with Gasteiger partial charge in [-0.25, -0.2) is 4.79 Å². The van der Waals surface area contributed by atoms with Gasteiger partial charge in [0, 0.05) is 24.5 Å². The van der Waals surface area contributed by atoms with Crippen molar-refractivity contribution in [3.05, 3.63) is 12.2 Å². The third-order valence-corrected chi connectivity index (χ3v) is 15.9. The summed E-state index contributed by atoms with van der Waals surface area (Å²) < 4.78 is 11.3. The number of rotatable bonds is 5. The van der Waals surface area contributed by atoms with E-state index in [1.54, 1.807) is 4.90 Å². The molecule has 11 atom stereocenters. The van der Waals surface area contributed by atoms with Crippen LogP contribution in [0.4, 0.5) is 4.79 Å². The van der Waals surface area contributed by atoms with E-state index in [0.29, 0.717) is 49.2 Å². The quantitative estimate of drug-likeness (QED) is 0.239. The van der Waals surface area contributed by atoms with Gasteiger partial charge in [0.2, 0.25) is 5.91 Å². The lowest BCUT2D eigenvalue weighted by molar-refractivity contribution is -0.247. The van der Waals surface area contributed by atoms with Gasteiger partial charge >= 0.3 is 6.09 Å². The maximum Gasteiger partial charge on any atom is 0.410 e. The van der Waals surface area contributed by atoms with Crippen LogP contribution in [0.5, 0.6) is 0 Å². The molecule has 7 unspecified atom stereocenters. The number of nitrogens with zero attached hydrogens (tertiary/aromatic N) is 1. The summed E-state index contributed by atoms with van der Waals surface area (Å²) >= 11 is 0. The first kappa shape index (κ1) is 34.8. The number of nitrogens with one attached hydrogen (secondary N) is 1. The molecule has 1 aliphatic heterocycles. The molecule has 47 heavy (non-hydrogen) atoms. The second kappa shape index (κ2) is 11.5. The van der Waals surface area contributed by atoms with Crippen LogP contribution in [0.15, 0.2) is 12.2 Å². The standard InChI is InChI=1S/C40H64N2O5/c1-25(2)27-13-19-40(33(44)41-26-16-22-42(23-26)34(45)47-35(3,4)5)21-20-38(9)28(32(27)40)11-12-30-37(8)17-15-31(46-24-43)36(6,7)29(37)14-18-39(30,38)10/h24,26-32H,1,11-23H2,2-10H3,(H,41,44)/t26-,27-,28?,29?,30?,31?,32+,37?,38+,39?,40?/m0/s1. The number of likely N-dealkylation sites (tertiary alicyclic amines) is 1. The first-order valence-corrected chi connectivity index (χ1v) is 18.9. The molecule has 0 bridgehead atoms. The van der Waals surface area contributed by atoms with E-state index in [-0.39, 0.29) is 51.2 Å². The van der Waals surface area contributed by atoms with Gasteiger partial charge in [-0.3, -0.25) is 9.59 Å². The topological polar surface area (TPSA) is 84.9 Å². The van der Waals surface area contributed by atoms with Crippen LogP contribution in [0, 0.1) is 56.7 Å². The average molecular weight is 653 g/mol. The molecule has 5 saturated carbocycles. The molecule has 6 aliphatic rings. The van der Waals surface area contributed by atoms with Crippen molar-refractivity contribution in [2.45, 2.75) is 151 Å². The van der Waals surface area contributed by atoms with Crippen LogP contribution in [-0.4, -0.2) is 54.2 Å². The number of carbonyl (C=O) groups is 3. The predicted octanol–water partition coefficient (Wildman–Crippen LogP) is 8.31.